The van der Waals surface area contributed by atoms with Crippen molar-refractivity contribution >= 4 is 21.6 Å². The summed E-state index contributed by atoms with van der Waals surface area (Å²) in [5.41, 5.74) is 7.53. The van der Waals surface area contributed by atoms with E-state index in [-0.39, 0.29) is 0 Å². The first-order chi connectivity index (χ1) is 8.15. The highest BCUT2D eigenvalue weighted by Gasteiger charge is 2.34. The summed E-state index contributed by atoms with van der Waals surface area (Å²) in [4.78, 5) is 4.72. The predicted molar refractivity (Wildman–Crippen MR) is 73.3 cm³/mol. The van der Waals surface area contributed by atoms with Crippen LogP contribution in [0.4, 0.5) is 0 Å². The Labute approximate surface area is 106 Å². The molecule has 0 radical (unpaired) electrons. The Hall–Kier alpha value is -0.930. The van der Waals surface area contributed by atoms with Gasteiger partial charge in [-0.15, -0.1) is 11.3 Å². The topological polar surface area (TPSA) is 38.9 Å². The van der Waals surface area contributed by atoms with E-state index < -0.39 is 0 Å². The lowest BCUT2D eigenvalue weighted by atomic mass is 9.85. The highest BCUT2D eigenvalue weighted by Crippen LogP contribution is 2.41. The number of nitrogens with two attached hydrogens (primary N) is 1. The van der Waals surface area contributed by atoms with Crippen LogP contribution in [-0.4, -0.2) is 11.0 Å². The molecule has 1 aliphatic rings. The van der Waals surface area contributed by atoms with Crippen LogP contribution in [0.25, 0.3) is 10.2 Å². The summed E-state index contributed by atoms with van der Waals surface area (Å²) in [5.74, 6) is 0. The number of fused-ring (bicyclic) bond motifs is 1. The van der Waals surface area contributed by atoms with Gasteiger partial charge in [-0.3, -0.25) is 0 Å². The highest BCUT2D eigenvalue weighted by atomic mass is 32.1. The van der Waals surface area contributed by atoms with Gasteiger partial charge >= 0.3 is 0 Å². The molecule has 0 spiro atoms. The maximum absolute atomic E-state index is 6.02. The molecule has 0 amide bonds. The number of thiazole rings is 1. The van der Waals surface area contributed by atoms with Crippen LogP contribution in [0.1, 0.15) is 31.2 Å². The molecule has 2 aromatic rings. The van der Waals surface area contributed by atoms with Crippen LogP contribution in [0.2, 0.25) is 0 Å². The SMILES string of the molecule is CC1(Cc2nc3ccccc3s2)CCC(N)C1. The summed E-state index contributed by atoms with van der Waals surface area (Å²) in [7, 11) is 0. The average molecular weight is 246 g/mol. The van der Waals surface area contributed by atoms with Crippen molar-refractivity contribution < 1.29 is 0 Å². The molecule has 1 aromatic carbocycles. The van der Waals surface area contributed by atoms with Gasteiger partial charge in [0, 0.05) is 12.5 Å². The lowest BCUT2D eigenvalue weighted by Crippen LogP contribution is -2.21. The summed E-state index contributed by atoms with van der Waals surface area (Å²) in [6, 6.07) is 8.78. The van der Waals surface area contributed by atoms with Crippen molar-refractivity contribution in [1.29, 1.82) is 0 Å². The van der Waals surface area contributed by atoms with Crippen molar-refractivity contribution in [2.75, 3.05) is 0 Å². The van der Waals surface area contributed by atoms with Crippen LogP contribution in [0, 0.1) is 5.41 Å². The van der Waals surface area contributed by atoms with Gasteiger partial charge in [-0.2, -0.15) is 0 Å². The summed E-state index contributed by atoms with van der Waals surface area (Å²) >= 11 is 1.83. The predicted octanol–water partition coefficient (Wildman–Crippen LogP) is 3.36. The zero-order valence-corrected chi connectivity index (χ0v) is 11.0. The molecule has 1 saturated carbocycles. The molecule has 0 saturated heterocycles. The van der Waals surface area contributed by atoms with Crippen LogP contribution < -0.4 is 5.73 Å². The first-order valence-electron chi connectivity index (χ1n) is 6.25. The van der Waals surface area contributed by atoms with E-state index in [1.54, 1.807) is 0 Å². The lowest BCUT2D eigenvalue weighted by Gasteiger charge is -2.22. The molecule has 1 fully saturated rings. The molecule has 3 heteroatoms. The molecule has 3 rings (SSSR count). The minimum atomic E-state index is 0.368. The fraction of sp³-hybridized carbons (Fsp3) is 0.500. The molecular weight excluding hydrogens is 228 g/mol. The van der Waals surface area contributed by atoms with Crippen LogP contribution in [0.5, 0.6) is 0 Å². The van der Waals surface area contributed by atoms with E-state index in [1.807, 2.05) is 11.3 Å². The number of benzene rings is 1. The van der Waals surface area contributed by atoms with Crippen molar-refractivity contribution in [1.82, 2.24) is 4.98 Å². The van der Waals surface area contributed by atoms with E-state index >= 15 is 0 Å². The molecule has 90 valence electrons. The molecule has 1 aliphatic carbocycles. The van der Waals surface area contributed by atoms with Crippen molar-refractivity contribution in [3.05, 3.63) is 29.3 Å². The van der Waals surface area contributed by atoms with Gasteiger partial charge in [0.25, 0.3) is 0 Å². The summed E-state index contributed by atoms with van der Waals surface area (Å²) < 4.78 is 1.30. The minimum absolute atomic E-state index is 0.368. The van der Waals surface area contributed by atoms with Gasteiger partial charge in [-0.25, -0.2) is 4.98 Å². The Bertz CT molecular complexity index is 501. The minimum Gasteiger partial charge on any atom is -0.328 e. The maximum Gasteiger partial charge on any atom is 0.0944 e. The molecule has 2 N–H and O–H groups in total. The third-order valence-electron chi connectivity index (χ3n) is 3.79. The Morgan fingerprint density at radius 2 is 2.29 bits per heavy atom. The zero-order valence-electron chi connectivity index (χ0n) is 10.1. The number of nitrogens with zero attached hydrogens (tertiary/aromatic N) is 1. The van der Waals surface area contributed by atoms with Gasteiger partial charge in [0.05, 0.1) is 15.2 Å². The van der Waals surface area contributed by atoms with Crippen LogP contribution in [-0.2, 0) is 6.42 Å². The van der Waals surface area contributed by atoms with Gasteiger partial charge < -0.3 is 5.73 Å². The summed E-state index contributed by atoms with van der Waals surface area (Å²) in [6.45, 7) is 2.35. The van der Waals surface area contributed by atoms with E-state index in [9.17, 15) is 0 Å². The standard InChI is InChI=1S/C14H18N2S/c1-14(7-6-10(15)8-14)9-13-16-11-4-2-3-5-12(11)17-13/h2-5,10H,6-9,15H2,1H3. The quantitative estimate of drug-likeness (QED) is 0.882. The molecule has 2 unspecified atom stereocenters. The number of aromatic nitrogens is 1. The van der Waals surface area contributed by atoms with E-state index in [1.165, 1.54) is 22.5 Å². The van der Waals surface area contributed by atoms with Crippen molar-refractivity contribution in [2.45, 2.75) is 38.6 Å². The summed E-state index contributed by atoms with van der Waals surface area (Å²) in [5, 5.41) is 1.27. The largest absolute Gasteiger partial charge is 0.328 e. The fourth-order valence-electron chi connectivity index (χ4n) is 2.89. The monoisotopic (exact) mass is 246 g/mol. The molecule has 1 heterocycles. The van der Waals surface area contributed by atoms with Crippen LogP contribution >= 0.6 is 11.3 Å². The van der Waals surface area contributed by atoms with Gasteiger partial charge in [-0.05, 0) is 36.8 Å². The number of hydrogen-bond acceptors (Lipinski definition) is 3. The van der Waals surface area contributed by atoms with Crippen molar-refractivity contribution in [3.8, 4) is 0 Å². The second kappa shape index (κ2) is 4.07. The lowest BCUT2D eigenvalue weighted by molar-refractivity contribution is 0.329. The van der Waals surface area contributed by atoms with Crippen molar-refractivity contribution in [2.24, 2.45) is 11.1 Å². The van der Waals surface area contributed by atoms with Crippen molar-refractivity contribution in [3.63, 3.8) is 0 Å². The molecule has 0 aliphatic heterocycles. The molecular formula is C14H18N2S. The third-order valence-corrected chi connectivity index (χ3v) is 4.83. The zero-order chi connectivity index (χ0) is 11.9. The van der Waals surface area contributed by atoms with E-state index in [0.717, 1.165) is 18.4 Å². The molecule has 1 aromatic heterocycles. The molecule has 0 bridgehead atoms. The number of rotatable bonds is 2. The molecule has 2 nitrogen and oxygen atoms in total. The van der Waals surface area contributed by atoms with E-state index in [2.05, 4.69) is 31.2 Å². The molecule has 2 atom stereocenters. The Balaban J connectivity index is 1.85. The van der Waals surface area contributed by atoms with E-state index in [0.29, 0.717) is 11.5 Å². The van der Waals surface area contributed by atoms with Crippen LogP contribution in [0.3, 0.4) is 0 Å². The third kappa shape index (κ3) is 2.22. The van der Waals surface area contributed by atoms with E-state index in [4.69, 9.17) is 10.7 Å². The molecule has 17 heavy (non-hydrogen) atoms. The smallest absolute Gasteiger partial charge is 0.0944 e. The average Bonchev–Trinajstić information content (AvgIpc) is 2.81. The second-order valence-electron chi connectivity index (χ2n) is 5.57. The van der Waals surface area contributed by atoms with Gasteiger partial charge in [0.15, 0.2) is 0 Å². The summed E-state index contributed by atoms with van der Waals surface area (Å²) in [6.07, 6.45) is 4.63. The second-order valence-corrected chi connectivity index (χ2v) is 6.68. The highest BCUT2D eigenvalue weighted by molar-refractivity contribution is 7.18. The Morgan fingerprint density at radius 3 is 3.00 bits per heavy atom. The number of hydrogen-bond donors (Lipinski definition) is 1. The van der Waals surface area contributed by atoms with Gasteiger partial charge in [0.2, 0.25) is 0 Å². The first kappa shape index (κ1) is 11.2. The van der Waals surface area contributed by atoms with Gasteiger partial charge in [-0.1, -0.05) is 19.1 Å². The Morgan fingerprint density at radius 1 is 1.47 bits per heavy atom. The van der Waals surface area contributed by atoms with Crippen LogP contribution in [0.15, 0.2) is 24.3 Å². The fourth-order valence-corrected chi connectivity index (χ4v) is 4.08. The normalized spacial score (nSPS) is 28.9. The first-order valence-corrected chi connectivity index (χ1v) is 7.06. The maximum atomic E-state index is 6.02. The Kier molecular flexibility index (Phi) is 2.68. The van der Waals surface area contributed by atoms with Gasteiger partial charge in [0.1, 0.15) is 0 Å². The number of para-hydroxylation sites is 1.